The average molecular weight is 202 g/mol. The highest BCUT2D eigenvalue weighted by atomic mass is 16.2. The Morgan fingerprint density at radius 3 is 2.53 bits per heavy atom. The van der Waals surface area contributed by atoms with Crippen LogP contribution in [0.15, 0.2) is 41.7 Å². The minimum atomic E-state index is -0.413. The van der Waals surface area contributed by atoms with Gasteiger partial charge in [0.1, 0.15) is 0 Å². The van der Waals surface area contributed by atoms with Gasteiger partial charge in [-0.15, -0.1) is 5.10 Å². The number of nitrogen functional groups attached to an aromatic ring is 1. The van der Waals surface area contributed by atoms with Crippen LogP contribution in [0.4, 0.5) is 0 Å². The van der Waals surface area contributed by atoms with Gasteiger partial charge in [0.05, 0.1) is 0 Å². The third-order valence-corrected chi connectivity index (χ3v) is 2.04. The molecule has 0 unspecified atom stereocenters. The molecule has 0 atom stereocenters. The van der Waals surface area contributed by atoms with E-state index in [1.54, 1.807) is 0 Å². The molecule has 1 aromatic carbocycles. The summed E-state index contributed by atoms with van der Waals surface area (Å²) in [5.74, 6) is 6.00. The zero-order chi connectivity index (χ0) is 10.8. The van der Waals surface area contributed by atoms with Crippen LogP contribution in [-0.2, 0) is 0 Å². The first-order valence-corrected chi connectivity index (χ1v) is 4.38. The van der Waals surface area contributed by atoms with Crippen LogP contribution in [0.1, 0.15) is 0 Å². The first kappa shape index (κ1) is 9.26. The molecule has 0 bridgehead atoms. The summed E-state index contributed by atoms with van der Waals surface area (Å²) in [6.07, 6.45) is 1.32. The Balaban J connectivity index is 2.65. The molecule has 2 aromatic rings. The van der Waals surface area contributed by atoms with Crippen molar-refractivity contribution in [3.8, 4) is 11.4 Å². The van der Waals surface area contributed by atoms with E-state index in [2.05, 4.69) is 11.7 Å². The molecule has 0 saturated heterocycles. The average Bonchev–Trinajstić information content (AvgIpc) is 2.57. The van der Waals surface area contributed by atoms with Gasteiger partial charge in [0.15, 0.2) is 5.82 Å². The molecular weight excluding hydrogens is 192 g/mol. The molecular formula is C10H10N4O. The van der Waals surface area contributed by atoms with Gasteiger partial charge in [-0.3, -0.25) is 0 Å². The normalized spacial score (nSPS) is 10.1. The summed E-state index contributed by atoms with van der Waals surface area (Å²) in [5.41, 5.74) is 0.376. The first-order valence-electron chi connectivity index (χ1n) is 4.38. The van der Waals surface area contributed by atoms with Crippen LogP contribution in [0, 0.1) is 0 Å². The van der Waals surface area contributed by atoms with Crippen LogP contribution in [0.3, 0.4) is 0 Å². The van der Waals surface area contributed by atoms with E-state index in [1.165, 1.54) is 6.20 Å². The summed E-state index contributed by atoms with van der Waals surface area (Å²) >= 11 is 0. The molecule has 0 aliphatic carbocycles. The smallest absolute Gasteiger partial charge is 0.333 e. The molecule has 1 heterocycles. The lowest BCUT2D eigenvalue weighted by Gasteiger charge is -1.97. The van der Waals surface area contributed by atoms with Gasteiger partial charge in [-0.25, -0.2) is 4.79 Å². The van der Waals surface area contributed by atoms with Crippen molar-refractivity contribution in [3.63, 3.8) is 0 Å². The van der Waals surface area contributed by atoms with E-state index in [4.69, 9.17) is 5.84 Å². The number of nitrogens with two attached hydrogens (primary N) is 1. The van der Waals surface area contributed by atoms with E-state index < -0.39 is 5.69 Å². The monoisotopic (exact) mass is 202 g/mol. The Morgan fingerprint density at radius 1 is 1.33 bits per heavy atom. The molecule has 0 spiro atoms. The Kier molecular flexibility index (Phi) is 2.13. The van der Waals surface area contributed by atoms with Crippen molar-refractivity contribution in [3.05, 3.63) is 47.4 Å². The van der Waals surface area contributed by atoms with E-state index in [1.807, 2.05) is 30.3 Å². The third kappa shape index (κ3) is 1.43. The van der Waals surface area contributed by atoms with E-state index in [0.29, 0.717) is 5.82 Å². The predicted molar refractivity (Wildman–Crippen MR) is 58.5 cm³/mol. The lowest BCUT2D eigenvalue weighted by atomic mass is 10.2. The van der Waals surface area contributed by atoms with Crippen molar-refractivity contribution >= 4 is 6.20 Å². The maximum atomic E-state index is 11.5. The fourth-order valence-electron chi connectivity index (χ4n) is 1.30. The summed E-state index contributed by atoms with van der Waals surface area (Å²) in [6.45, 7) is 3.47. The van der Waals surface area contributed by atoms with Crippen molar-refractivity contribution in [2.24, 2.45) is 0 Å². The van der Waals surface area contributed by atoms with Crippen LogP contribution in [0.25, 0.3) is 17.6 Å². The molecule has 1 aromatic heterocycles. The maximum Gasteiger partial charge on any atom is 0.369 e. The van der Waals surface area contributed by atoms with Crippen LogP contribution in [0.5, 0.6) is 0 Å². The van der Waals surface area contributed by atoms with Crippen LogP contribution >= 0.6 is 0 Å². The summed E-state index contributed by atoms with van der Waals surface area (Å²) in [7, 11) is 0. The van der Waals surface area contributed by atoms with Gasteiger partial charge >= 0.3 is 5.69 Å². The fraction of sp³-hybridized carbons (Fsp3) is 0. The molecule has 15 heavy (non-hydrogen) atoms. The Labute approximate surface area is 86.0 Å². The van der Waals surface area contributed by atoms with Gasteiger partial charge in [0.25, 0.3) is 0 Å². The van der Waals surface area contributed by atoms with E-state index in [0.717, 1.165) is 14.9 Å². The highest BCUT2D eigenvalue weighted by Crippen LogP contribution is 2.12. The second-order valence-electron chi connectivity index (χ2n) is 2.97. The van der Waals surface area contributed by atoms with Crippen LogP contribution in [0.2, 0.25) is 0 Å². The van der Waals surface area contributed by atoms with Crippen molar-refractivity contribution in [2.75, 3.05) is 5.84 Å². The Bertz CT molecular complexity index is 538. The summed E-state index contributed by atoms with van der Waals surface area (Å²) in [5, 5.41) is 4.02. The number of benzene rings is 1. The highest BCUT2D eigenvalue weighted by molar-refractivity contribution is 5.54. The van der Waals surface area contributed by atoms with Gasteiger partial charge in [0.2, 0.25) is 0 Å². The summed E-state index contributed by atoms with van der Waals surface area (Å²) in [6, 6.07) is 9.25. The highest BCUT2D eigenvalue weighted by Gasteiger charge is 2.10. The minimum absolute atomic E-state index is 0.413. The maximum absolute atomic E-state index is 11.5. The predicted octanol–water partition coefficient (Wildman–Crippen LogP) is 0.526. The standard InChI is InChI=1S/C10H10N4O/c1-2-13-10(15)14(11)9(12-13)8-6-4-3-5-7-8/h2-7H,1,11H2. The van der Waals surface area contributed by atoms with Gasteiger partial charge in [-0.2, -0.15) is 9.36 Å². The topological polar surface area (TPSA) is 65.8 Å². The van der Waals surface area contributed by atoms with Crippen molar-refractivity contribution in [2.45, 2.75) is 0 Å². The molecule has 0 amide bonds. The molecule has 2 rings (SSSR count). The van der Waals surface area contributed by atoms with Crippen molar-refractivity contribution in [1.29, 1.82) is 0 Å². The molecule has 0 aliphatic rings. The number of hydrogen-bond donors (Lipinski definition) is 1. The lowest BCUT2D eigenvalue weighted by molar-refractivity contribution is 0.863. The van der Waals surface area contributed by atoms with Gasteiger partial charge < -0.3 is 5.84 Å². The molecule has 5 nitrogen and oxygen atoms in total. The number of aromatic nitrogens is 3. The SMILES string of the molecule is C=Cn1nc(-c2ccccc2)n(N)c1=O. The zero-order valence-corrected chi connectivity index (χ0v) is 8.00. The van der Waals surface area contributed by atoms with E-state index in [-0.39, 0.29) is 0 Å². The first-order chi connectivity index (χ1) is 7.24. The third-order valence-electron chi connectivity index (χ3n) is 2.04. The molecule has 0 saturated carbocycles. The Hall–Kier alpha value is -2.30. The molecule has 5 heteroatoms. The molecule has 0 aliphatic heterocycles. The molecule has 0 radical (unpaired) electrons. The van der Waals surface area contributed by atoms with Gasteiger partial charge in [-0.1, -0.05) is 36.9 Å². The van der Waals surface area contributed by atoms with Crippen molar-refractivity contribution < 1.29 is 0 Å². The number of hydrogen-bond acceptors (Lipinski definition) is 3. The van der Waals surface area contributed by atoms with E-state index >= 15 is 0 Å². The van der Waals surface area contributed by atoms with Gasteiger partial charge in [0, 0.05) is 11.8 Å². The second kappa shape index (κ2) is 3.45. The molecule has 76 valence electrons. The van der Waals surface area contributed by atoms with Crippen LogP contribution < -0.4 is 11.5 Å². The number of rotatable bonds is 2. The largest absolute Gasteiger partial charge is 0.369 e. The summed E-state index contributed by atoms with van der Waals surface area (Å²) in [4.78, 5) is 11.5. The van der Waals surface area contributed by atoms with Crippen molar-refractivity contribution in [1.82, 2.24) is 14.5 Å². The van der Waals surface area contributed by atoms with Gasteiger partial charge in [-0.05, 0) is 0 Å². The quantitative estimate of drug-likeness (QED) is 0.722. The molecule has 2 N–H and O–H groups in total. The number of nitrogens with zero attached hydrogens (tertiary/aromatic N) is 3. The fourth-order valence-corrected chi connectivity index (χ4v) is 1.30. The molecule has 0 fully saturated rings. The van der Waals surface area contributed by atoms with E-state index in [9.17, 15) is 4.79 Å². The van der Waals surface area contributed by atoms with Crippen LogP contribution in [-0.4, -0.2) is 14.5 Å². The minimum Gasteiger partial charge on any atom is -0.333 e. The zero-order valence-electron chi connectivity index (χ0n) is 8.00. The Morgan fingerprint density at radius 2 is 2.00 bits per heavy atom. The second-order valence-corrected chi connectivity index (χ2v) is 2.97. The summed E-state index contributed by atoms with van der Waals surface area (Å²) < 4.78 is 2.10. The lowest BCUT2D eigenvalue weighted by Crippen LogP contribution is -2.28.